The Hall–Kier alpha value is -3.75. The van der Waals surface area contributed by atoms with Crippen molar-refractivity contribution in [1.29, 1.82) is 0 Å². The Balaban J connectivity index is 1.85. The lowest BCUT2D eigenvalue weighted by Crippen LogP contribution is -2.25. The van der Waals surface area contributed by atoms with Crippen LogP contribution in [0, 0.1) is 0 Å². The Morgan fingerprint density at radius 2 is 1.65 bits per heavy atom. The highest BCUT2D eigenvalue weighted by atomic mass is 16.4. The first-order valence-corrected chi connectivity index (χ1v) is 7.54. The zero-order chi connectivity index (χ0) is 18.8. The highest BCUT2D eigenvalue weighted by Crippen LogP contribution is 2.52. The van der Waals surface area contributed by atoms with Crippen LogP contribution in [0.4, 0.5) is 11.4 Å². The minimum absolute atomic E-state index is 0.0176. The lowest BCUT2D eigenvalue weighted by Gasteiger charge is -2.16. The lowest BCUT2D eigenvalue weighted by atomic mass is 9.97. The summed E-state index contributed by atoms with van der Waals surface area (Å²) >= 11 is 0. The molecule has 0 aliphatic carbocycles. The van der Waals surface area contributed by atoms with Crippen LogP contribution < -0.4 is 5.32 Å². The summed E-state index contributed by atoms with van der Waals surface area (Å²) in [7, 11) is 0. The monoisotopic (exact) mass is 355 g/mol. The number of carbonyl (C=O) groups excluding carboxylic acids is 1. The summed E-state index contributed by atoms with van der Waals surface area (Å²) in [6, 6.07) is 7.58. The van der Waals surface area contributed by atoms with Gasteiger partial charge >= 0.3 is 11.9 Å². The van der Waals surface area contributed by atoms with E-state index in [4.69, 9.17) is 5.11 Å². The molecule has 0 unspecified atom stereocenters. The van der Waals surface area contributed by atoms with Crippen LogP contribution in [-0.4, -0.2) is 39.7 Å². The Morgan fingerprint density at radius 1 is 1.00 bits per heavy atom. The predicted molar refractivity (Wildman–Crippen MR) is 89.3 cm³/mol. The van der Waals surface area contributed by atoms with Gasteiger partial charge in [-0.05, 0) is 23.8 Å². The van der Waals surface area contributed by atoms with Gasteiger partial charge < -0.3 is 20.6 Å². The number of benzene rings is 2. The minimum atomic E-state index is -1.29. The van der Waals surface area contributed by atoms with Gasteiger partial charge in [0.25, 0.3) is 5.91 Å². The van der Waals surface area contributed by atoms with Crippen LogP contribution in [0.3, 0.4) is 0 Å². The third kappa shape index (κ3) is 3.09. The van der Waals surface area contributed by atoms with Crippen LogP contribution in [0.2, 0.25) is 0 Å². The molecule has 0 saturated carbocycles. The van der Waals surface area contributed by atoms with E-state index in [-0.39, 0.29) is 24.2 Å². The maximum Gasteiger partial charge on any atom is 0.339 e. The van der Waals surface area contributed by atoms with Crippen molar-refractivity contribution in [3.63, 3.8) is 0 Å². The molecule has 9 heteroatoms. The van der Waals surface area contributed by atoms with E-state index in [1.54, 1.807) is 12.1 Å². The molecule has 9 nitrogen and oxygen atoms in total. The molecule has 1 aliphatic heterocycles. The average molecular weight is 355 g/mol. The molecule has 0 radical (unpaired) electrons. The zero-order valence-corrected chi connectivity index (χ0v) is 13.3. The number of azo groups is 1. The number of hydrogen-bond donors (Lipinski definition) is 4. The van der Waals surface area contributed by atoms with Gasteiger partial charge in [0.1, 0.15) is 11.3 Å². The SMILES string of the molecule is O=C(O)CCNC(=O)c1ccc(-c2cc(C(=O)O)c(O)c3c2N=N3)cc1. The maximum atomic E-state index is 11.9. The number of nitrogens with zero attached hydrogens (tertiary/aromatic N) is 2. The summed E-state index contributed by atoms with van der Waals surface area (Å²) < 4.78 is 0. The number of aromatic carboxylic acids is 1. The molecule has 0 fully saturated rings. The van der Waals surface area contributed by atoms with Gasteiger partial charge in [-0.25, -0.2) is 4.79 Å². The predicted octanol–water partition coefficient (Wildman–Crippen LogP) is 2.69. The number of carboxylic acid groups (broad SMARTS) is 2. The van der Waals surface area contributed by atoms with Crippen molar-refractivity contribution in [2.45, 2.75) is 6.42 Å². The Kier molecular flexibility index (Phi) is 4.36. The van der Waals surface area contributed by atoms with Gasteiger partial charge in [0.15, 0.2) is 11.4 Å². The van der Waals surface area contributed by atoms with Crippen molar-refractivity contribution in [3.05, 3.63) is 41.5 Å². The lowest BCUT2D eigenvalue weighted by molar-refractivity contribution is -0.136. The maximum absolute atomic E-state index is 11.9. The van der Waals surface area contributed by atoms with Crippen molar-refractivity contribution in [1.82, 2.24) is 5.32 Å². The fraction of sp³-hybridized carbons (Fsp3) is 0.118. The van der Waals surface area contributed by atoms with Gasteiger partial charge in [-0.15, -0.1) is 10.2 Å². The smallest absolute Gasteiger partial charge is 0.339 e. The summed E-state index contributed by atoms with van der Waals surface area (Å²) in [6.45, 7) is 0.0176. The molecule has 4 N–H and O–H groups in total. The van der Waals surface area contributed by atoms with Crippen LogP contribution in [-0.2, 0) is 4.79 Å². The number of aromatic hydroxyl groups is 1. The Morgan fingerprint density at radius 3 is 2.19 bits per heavy atom. The quantitative estimate of drug-likeness (QED) is 0.534. The standard InChI is InChI=1S/C17H13N3O6/c21-12(22)5-6-18-16(24)9-3-1-8(2-4-9)10-7-11(17(25)26)15(23)14-13(10)19-20-14/h1-4,7,23H,5-6H2,(H,18,24)(H,21,22)(H,25,26). The second-order valence-electron chi connectivity index (χ2n) is 5.50. The number of carboxylic acids is 2. The van der Waals surface area contributed by atoms with Crippen LogP contribution in [0.1, 0.15) is 27.1 Å². The van der Waals surface area contributed by atoms with Gasteiger partial charge in [-0.3, -0.25) is 9.59 Å². The molecule has 0 bridgehead atoms. The molecule has 1 aliphatic rings. The molecule has 0 saturated heterocycles. The molecule has 132 valence electrons. The van der Waals surface area contributed by atoms with E-state index in [1.165, 1.54) is 18.2 Å². The van der Waals surface area contributed by atoms with Crippen molar-refractivity contribution in [2.75, 3.05) is 6.54 Å². The highest BCUT2D eigenvalue weighted by molar-refractivity contribution is 6.01. The molecule has 2 aromatic carbocycles. The van der Waals surface area contributed by atoms with Crippen molar-refractivity contribution < 1.29 is 29.7 Å². The zero-order valence-electron chi connectivity index (χ0n) is 13.3. The number of nitrogens with one attached hydrogen (secondary N) is 1. The molecule has 0 atom stereocenters. The molecule has 26 heavy (non-hydrogen) atoms. The first-order chi connectivity index (χ1) is 12.4. The van der Waals surface area contributed by atoms with Crippen LogP contribution in [0.25, 0.3) is 11.1 Å². The molecule has 2 aromatic rings. The first-order valence-electron chi connectivity index (χ1n) is 7.54. The van der Waals surface area contributed by atoms with Crippen molar-refractivity contribution in [3.8, 4) is 16.9 Å². The number of carbonyl (C=O) groups is 3. The summed E-state index contributed by atoms with van der Waals surface area (Å²) in [6.07, 6.45) is -0.174. The van der Waals surface area contributed by atoms with Gasteiger partial charge in [0, 0.05) is 17.7 Å². The van der Waals surface area contributed by atoms with E-state index in [2.05, 4.69) is 15.5 Å². The first kappa shape index (κ1) is 17.1. The van der Waals surface area contributed by atoms with Crippen LogP contribution in [0.15, 0.2) is 40.6 Å². The van der Waals surface area contributed by atoms with Gasteiger partial charge in [0.2, 0.25) is 0 Å². The second kappa shape index (κ2) is 6.63. The van der Waals surface area contributed by atoms with Crippen LogP contribution in [0.5, 0.6) is 5.75 Å². The van der Waals surface area contributed by atoms with E-state index in [0.717, 1.165) is 0 Å². The Bertz CT molecular complexity index is 950. The summed E-state index contributed by atoms with van der Waals surface area (Å²) in [5, 5.41) is 37.6. The van der Waals surface area contributed by atoms with E-state index in [1.807, 2.05) is 0 Å². The van der Waals surface area contributed by atoms with E-state index >= 15 is 0 Å². The third-order valence-electron chi connectivity index (χ3n) is 3.81. The fourth-order valence-electron chi connectivity index (χ4n) is 2.47. The summed E-state index contributed by atoms with van der Waals surface area (Å²) in [5.74, 6) is -3.14. The molecule has 1 heterocycles. The van der Waals surface area contributed by atoms with Crippen LogP contribution >= 0.6 is 0 Å². The van der Waals surface area contributed by atoms with Crippen molar-refractivity contribution in [2.24, 2.45) is 10.2 Å². The third-order valence-corrected chi connectivity index (χ3v) is 3.81. The fourth-order valence-corrected chi connectivity index (χ4v) is 2.47. The minimum Gasteiger partial charge on any atom is -0.505 e. The largest absolute Gasteiger partial charge is 0.505 e. The second-order valence-corrected chi connectivity index (χ2v) is 5.50. The summed E-state index contributed by atoms with van der Waals surface area (Å²) in [5.41, 5.74) is 1.62. The molecule has 1 amide bonds. The molecule has 0 aromatic heterocycles. The van der Waals surface area contributed by atoms with Crippen molar-refractivity contribution >= 4 is 29.2 Å². The molecule has 0 spiro atoms. The highest BCUT2D eigenvalue weighted by Gasteiger charge is 2.26. The van der Waals surface area contributed by atoms with E-state index < -0.39 is 23.6 Å². The molecular formula is C17H13N3O6. The number of fused-ring (bicyclic) bond motifs is 1. The molecule has 3 rings (SSSR count). The number of aliphatic carboxylic acids is 1. The normalized spacial score (nSPS) is 11.4. The Labute approximate surface area is 146 Å². The van der Waals surface area contributed by atoms with E-state index in [9.17, 15) is 24.6 Å². The number of hydrogen-bond acceptors (Lipinski definition) is 6. The van der Waals surface area contributed by atoms with E-state index in [0.29, 0.717) is 22.4 Å². The topological polar surface area (TPSA) is 149 Å². The molecular weight excluding hydrogens is 342 g/mol. The summed E-state index contributed by atoms with van der Waals surface area (Å²) in [4.78, 5) is 33.7. The number of rotatable bonds is 6. The number of phenols is 1. The van der Waals surface area contributed by atoms with Gasteiger partial charge in [-0.2, -0.15) is 0 Å². The average Bonchev–Trinajstić information content (AvgIpc) is 2.55. The number of amides is 1. The van der Waals surface area contributed by atoms with Gasteiger partial charge in [-0.1, -0.05) is 12.1 Å². The van der Waals surface area contributed by atoms with Gasteiger partial charge in [0.05, 0.1) is 6.42 Å².